The SMILES string of the molecule is CS(=O)(=O)c1ccc(Cc2nc(N3CCC[C@@H](NC(=O)OC[C@@H]4CCN(C5CCN(c6ccc7c(c6)C(=O)N(C6CCC(=O)NC6=O)C7=O)CC5)C4)C3)cnc2C(N)=O)cc1. The van der Waals surface area contributed by atoms with Gasteiger partial charge in [0.15, 0.2) is 9.84 Å². The first-order chi connectivity index (χ1) is 29.2. The summed E-state index contributed by atoms with van der Waals surface area (Å²) >= 11 is 0. The maximum atomic E-state index is 13.3. The number of likely N-dealkylation sites (tertiary alicyclic amines) is 1. The number of aromatic nitrogens is 2. The highest BCUT2D eigenvalue weighted by molar-refractivity contribution is 7.90. The molecule has 6 amide bonds. The van der Waals surface area contributed by atoms with Crippen molar-refractivity contribution < 1.29 is 41.9 Å². The lowest BCUT2D eigenvalue weighted by Gasteiger charge is -2.38. The van der Waals surface area contributed by atoms with Gasteiger partial charge in [0.25, 0.3) is 17.7 Å². The van der Waals surface area contributed by atoms with Crippen molar-refractivity contribution in [3.05, 3.63) is 76.7 Å². The number of sulfone groups is 1. The lowest BCUT2D eigenvalue weighted by Crippen LogP contribution is -2.54. The number of carbonyl (C=O) groups is 6. The summed E-state index contributed by atoms with van der Waals surface area (Å²) in [7, 11) is -3.36. The van der Waals surface area contributed by atoms with Gasteiger partial charge in [0.2, 0.25) is 11.8 Å². The number of alkyl carbamates (subject to hydrolysis) is 1. The lowest BCUT2D eigenvalue weighted by molar-refractivity contribution is -0.136. The number of piperidine rings is 3. The zero-order chi connectivity index (χ0) is 43.0. The molecule has 4 fully saturated rings. The molecule has 0 radical (unpaired) electrons. The fourth-order valence-corrected chi connectivity index (χ4v) is 9.76. The van der Waals surface area contributed by atoms with E-state index < -0.39 is 51.5 Å². The second-order valence-electron chi connectivity index (χ2n) is 16.6. The van der Waals surface area contributed by atoms with Crippen LogP contribution < -0.4 is 26.2 Å². The van der Waals surface area contributed by atoms with Gasteiger partial charge in [-0.1, -0.05) is 12.1 Å². The fourth-order valence-electron chi connectivity index (χ4n) is 9.13. The Kier molecular flexibility index (Phi) is 11.8. The normalized spacial score (nSPS) is 22.6. The molecular formula is C42H49N9O9S. The largest absolute Gasteiger partial charge is 0.449 e. The quantitative estimate of drug-likeness (QED) is 0.233. The van der Waals surface area contributed by atoms with Crippen molar-refractivity contribution in [3.8, 4) is 0 Å². The Morgan fingerprint density at radius 2 is 1.66 bits per heavy atom. The van der Waals surface area contributed by atoms with E-state index in [0.717, 1.165) is 80.7 Å². The zero-order valence-electron chi connectivity index (χ0n) is 33.9. The lowest BCUT2D eigenvalue weighted by atomic mass is 10.0. The first-order valence-corrected chi connectivity index (χ1v) is 22.6. The minimum atomic E-state index is -3.36. The molecule has 4 saturated heterocycles. The summed E-state index contributed by atoms with van der Waals surface area (Å²) in [5, 5.41) is 5.24. The van der Waals surface area contributed by atoms with E-state index in [4.69, 9.17) is 15.5 Å². The first kappa shape index (κ1) is 41.8. The van der Waals surface area contributed by atoms with Gasteiger partial charge in [0.1, 0.15) is 17.6 Å². The van der Waals surface area contributed by atoms with Crippen LogP contribution >= 0.6 is 0 Å². The van der Waals surface area contributed by atoms with Crippen LogP contribution in [-0.2, 0) is 30.6 Å². The molecular weight excluding hydrogens is 807 g/mol. The van der Waals surface area contributed by atoms with E-state index in [2.05, 4.69) is 25.4 Å². The van der Waals surface area contributed by atoms with Crippen molar-refractivity contribution in [3.63, 3.8) is 0 Å². The Morgan fingerprint density at radius 3 is 2.38 bits per heavy atom. The summed E-state index contributed by atoms with van der Waals surface area (Å²) in [6.07, 6.45) is 6.86. The fraction of sp³-hybridized carbons (Fsp3) is 0.476. The molecule has 18 nitrogen and oxygen atoms in total. The molecule has 0 saturated carbocycles. The number of fused-ring (bicyclic) bond motifs is 1. The van der Waals surface area contributed by atoms with E-state index in [1.807, 2.05) is 11.0 Å². The molecule has 6 heterocycles. The van der Waals surface area contributed by atoms with Crippen molar-refractivity contribution in [1.29, 1.82) is 0 Å². The van der Waals surface area contributed by atoms with Crippen LogP contribution in [0.5, 0.6) is 0 Å². The summed E-state index contributed by atoms with van der Waals surface area (Å²) < 4.78 is 29.5. The van der Waals surface area contributed by atoms with Gasteiger partial charge >= 0.3 is 6.09 Å². The number of nitrogens with one attached hydrogen (secondary N) is 2. The molecule has 322 valence electrons. The van der Waals surface area contributed by atoms with Gasteiger partial charge in [-0.3, -0.25) is 39.1 Å². The number of hydrogen-bond acceptors (Lipinski definition) is 14. The van der Waals surface area contributed by atoms with Gasteiger partial charge in [0.05, 0.1) is 34.5 Å². The number of nitrogens with two attached hydrogens (primary N) is 1. The maximum absolute atomic E-state index is 13.3. The predicted molar refractivity (Wildman–Crippen MR) is 221 cm³/mol. The Hall–Kier alpha value is -5.95. The van der Waals surface area contributed by atoms with E-state index >= 15 is 0 Å². The van der Waals surface area contributed by atoms with Crippen LogP contribution in [0.2, 0.25) is 0 Å². The molecule has 3 aromatic rings. The number of hydrogen-bond donors (Lipinski definition) is 3. The molecule has 0 bridgehead atoms. The summed E-state index contributed by atoms with van der Waals surface area (Å²) in [4.78, 5) is 92.7. The minimum Gasteiger partial charge on any atom is -0.449 e. The molecule has 1 aromatic heterocycles. The third-order valence-corrected chi connectivity index (χ3v) is 13.5. The highest BCUT2D eigenvalue weighted by Gasteiger charge is 2.45. The molecule has 61 heavy (non-hydrogen) atoms. The molecule has 0 spiro atoms. The van der Waals surface area contributed by atoms with Gasteiger partial charge in [-0.15, -0.1) is 0 Å². The number of benzene rings is 2. The molecule has 5 aliphatic rings. The number of primary amides is 1. The Labute approximate surface area is 353 Å². The van der Waals surface area contributed by atoms with Crippen molar-refractivity contribution in [2.24, 2.45) is 11.7 Å². The molecule has 4 N–H and O–H groups in total. The summed E-state index contributed by atoms with van der Waals surface area (Å²) in [6, 6.07) is 10.8. The van der Waals surface area contributed by atoms with Crippen LogP contribution in [0.15, 0.2) is 53.6 Å². The van der Waals surface area contributed by atoms with E-state index in [0.29, 0.717) is 37.3 Å². The van der Waals surface area contributed by atoms with Crippen molar-refractivity contribution in [2.45, 2.75) is 74.4 Å². The molecule has 19 heteroatoms. The van der Waals surface area contributed by atoms with Crippen LogP contribution in [0.1, 0.15) is 87.4 Å². The number of imide groups is 2. The van der Waals surface area contributed by atoms with Gasteiger partial charge in [-0.2, -0.15) is 0 Å². The van der Waals surface area contributed by atoms with Crippen molar-refractivity contribution in [1.82, 2.24) is 30.4 Å². The van der Waals surface area contributed by atoms with E-state index in [9.17, 15) is 37.2 Å². The van der Waals surface area contributed by atoms with Crippen molar-refractivity contribution in [2.75, 3.05) is 61.9 Å². The second-order valence-corrected chi connectivity index (χ2v) is 18.6. The Morgan fingerprint density at radius 1 is 0.902 bits per heavy atom. The molecule has 8 rings (SSSR count). The minimum absolute atomic E-state index is 0.0401. The smallest absolute Gasteiger partial charge is 0.407 e. The first-order valence-electron chi connectivity index (χ1n) is 20.7. The number of rotatable bonds is 11. The standard InChI is InChI=1S/C42H49N9O9S/c1-61(58,59)30-7-4-25(5-8-30)19-33-37(38(43)53)44-21-35(46-33)50-15-2-3-27(23-50)45-42(57)60-24-26-12-16-49(22-26)28-13-17-48(18-14-28)29-6-9-31-32(20-29)41(56)51(40(31)55)34-10-11-36(52)47-39(34)54/h4-9,20-21,26-28,34H,2-3,10-19,22-24H2,1H3,(H2,43,53)(H,45,57)(H,47,52,54)/t26-,27-,34?/m1/s1. The van der Waals surface area contributed by atoms with Crippen LogP contribution in [0.25, 0.3) is 0 Å². The molecule has 3 atom stereocenters. The van der Waals surface area contributed by atoms with Crippen LogP contribution in [0, 0.1) is 5.92 Å². The molecule has 0 aliphatic carbocycles. The third kappa shape index (κ3) is 9.07. The summed E-state index contributed by atoms with van der Waals surface area (Å²) in [5.74, 6) is -2.04. The summed E-state index contributed by atoms with van der Waals surface area (Å²) in [5.41, 5.74) is 8.16. The van der Waals surface area contributed by atoms with E-state index in [-0.39, 0.29) is 52.9 Å². The number of carbonyl (C=O) groups excluding carboxylic acids is 6. The molecule has 5 aliphatic heterocycles. The van der Waals surface area contributed by atoms with E-state index in [1.54, 1.807) is 24.3 Å². The number of nitrogens with zero attached hydrogens (tertiary/aromatic N) is 6. The van der Waals surface area contributed by atoms with Crippen LogP contribution in [0.4, 0.5) is 16.3 Å². The Balaban J connectivity index is 0.790. The highest BCUT2D eigenvalue weighted by Crippen LogP contribution is 2.33. The van der Waals surface area contributed by atoms with Crippen LogP contribution in [-0.4, -0.2) is 134 Å². The van der Waals surface area contributed by atoms with Gasteiger partial charge in [0, 0.05) is 75.5 Å². The number of anilines is 2. The van der Waals surface area contributed by atoms with Gasteiger partial charge in [-0.05, 0) is 81.0 Å². The third-order valence-electron chi connectivity index (χ3n) is 12.4. The van der Waals surface area contributed by atoms with Crippen molar-refractivity contribution >= 4 is 57.0 Å². The second kappa shape index (κ2) is 17.2. The highest BCUT2D eigenvalue weighted by atomic mass is 32.2. The molecule has 1 unspecified atom stereocenters. The number of ether oxygens (including phenoxy) is 1. The zero-order valence-corrected chi connectivity index (χ0v) is 34.7. The molecule has 2 aromatic carbocycles. The average molecular weight is 856 g/mol. The van der Waals surface area contributed by atoms with Gasteiger partial charge < -0.3 is 25.6 Å². The van der Waals surface area contributed by atoms with Crippen LogP contribution in [0.3, 0.4) is 0 Å². The summed E-state index contributed by atoms with van der Waals surface area (Å²) in [6.45, 7) is 4.73. The topological polar surface area (TPSA) is 235 Å². The number of amides is 6. The monoisotopic (exact) mass is 855 g/mol. The maximum Gasteiger partial charge on any atom is 0.407 e. The Bertz CT molecular complexity index is 2370. The van der Waals surface area contributed by atoms with E-state index in [1.165, 1.54) is 18.3 Å². The predicted octanol–water partition coefficient (Wildman–Crippen LogP) is 1.66. The average Bonchev–Trinajstić information content (AvgIpc) is 3.81. The van der Waals surface area contributed by atoms with Gasteiger partial charge in [-0.25, -0.2) is 23.2 Å².